The Morgan fingerprint density at radius 3 is 2.93 bits per heavy atom. The quantitative estimate of drug-likeness (QED) is 0.796. The fraction of sp³-hybridized carbons (Fsp3) is 0.200. The summed E-state index contributed by atoms with van der Waals surface area (Å²) in [5, 5.41) is 10.5. The number of nitrogens with two attached hydrogens (primary N) is 1. The van der Waals surface area contributed by atoms with Crippen molar-refractivity contribution in [2.24, 2.45) is 5.73 Å². The fourth-order valence-corrected chi connectivity index (χ4v) is 2.55. The molecular weight excluding hydrogens is 198 g/mol. The van der Waals surface area contributed by atoms with Crippen LogP contribution in [0.2, 0.25) is 0 Å². The van der Waals surface area contributed by atoms with Crippen molar-refractivity contribution in [1.29, 1.82) is 0 Å². The van der Waals surface area contributed by atoms with Gasteiger partial charge in [0.25, 0.3) is 0 Å². The highest BCUT2D eigenvalue weighted by atomic mass is 32.1. The Labute approximate surface area is 85.7 Å². The normalized spacial score (nSPS) is 10.7. The van der Waals surface area contributed by atoms with Crippen LogP contribution in [0.3, 0.4) is 0 Å². The van der Waals surface area contributed by atoms with Gasteiger partial charge in [-0.3, -0.25) is 0 Å². The molecular formula is C10H11NO2S. The second-order valence-corrected chi connectivity index (χ2v) is 4.02. The minimum atomic E-state index is 0.283. The van der Waals surface area contributed by atoms with Crippen LogP contribution in [-0.2, 0) is 6.54 Å². The number of fused-ring (bicyclic) bond motifs is 1. The summed E-state index contributed by atoms with van der Waals surface area (Å²) in [6.07, 6.45) is 0. The minimum absolute atomic E-state index is 0.283. The monoisotopic (exact) mass is 209 g/mol. The van der Waals surface area contributed by atoms with Crippen molar-refractivity contribution in [3.8, 4) is 11.5 Å². The van der Waals surface area contributed by atoms with Gasteiger partial charge in [-0.15, -0.1) is 11.3 Å². The first-order chi connectivity index (χ1) is 6.77. The van der Waals surface area contributed by atoms with Gasteiger partial charge >= 0.3 is 0 Å². The highest BCUT2D eigenvalue weighted by Crippen LogP contribution is 2.41. The van der Waals surface area contributed by atoms with Gasteiger partial charge in [0.1, 0.15) is 11.5 Å². The van der Waals surface area contributed by atoms with E-state index in [4.69, 9.17) is 10.5 Å². The van der Waals surface area contributed by atoms with Gasteiger partial charge in [0, 0.05) is 11.9 Å². The van der Waals surface area contributed by atoms with Crippen LogP contribution < -0.4 is 10.5 Å². The summed E-state index contributed by atoms with van der Waals surface area (Å²) in [7, 11) is 1.62. The number of thiophene rings is 1. The second-order valence-electron chi connectivity index (χ2n) is 2.92. The smallest absolute Gasteiger partial charge is 0.142 e. The maximum absolute atomic E-state index is 9.61. The third kappa shape index (κ3) is 1.23. The first kappa shape index (κ1) is 9.30. The number of rotatable bonds is 2. The minimum Gasteiger partial charge on any atom is -0.506 e. The molecule has 0 atom stereocenters. The molecule has 1 aromatic heterocycles. The summed E-state index contributed by atoms with van der Waals surface area (Å²) in [5.41, 5.74) is 5.59. The molecule has 14 heavy (non-hydrogen) atoms. The van der Waals surface area contributed by atoms with Crippen molar-refractivity contribution in [3.05, 3.63) is 23.1 Å². The average Bonchev–Trinajstić information content (AvgIpc) is 2.57. The summed E-state index contributed by atoms with van der Waals surface area (Å²) < 4.78 is 6.10. The number of methoxy groups -OCH3 is 1. The molecule has 1 heterocycles. The molecule has 0 spiro atoms. The van der Waals surface area contributed by atoms with E-state index in [1.165, 1.54) is 11.3 Å². The van der Waals surface area contributed by atoms with Gasteiger partial charge in [-0.1, -0.05) is 6.07 Å². The lowest BCUT2D eigenvalue weighted by atomic mass is 10.2. The standard InChI is InChI=1S/C10H11NO2S/c1-13-9-6-3-2-4-7(12)10(6)14-8(9)5-11/h2-4,12H,5,11H2,1H3. The van der Waals surface area contributed by atoms with E-state index in [1.807, 2.05) is 6.07 Å². The molecule has 2 rings (SSSR count). The molecule has 0 fully saturated rings. The van der Waals surface area contributed by atoms with Crippen LogP contribution in [0.1, 0.15) is 4.88 Å². The van der Waals surface area contributed by atoms with Crippen molar-refractivity contribution >= 4 is 21.4 Å². The molecule has 0 unspecified atom stereocenters. The molecule has 0 saturated heterocycles. The molecule has 1 aromatic carbocycles. The number of hydrogen-bond donors (Lipinski definition) is 2. The molecule has 0 aliphatic carbocycles. The van der Waals surface area contributed by atoms with Gasteiger partial charge in [-0.25, -0.2) is 0 Å². The van der Waals surface area contributed by atoms with Crippen molar-refractivity contribution in [2.75, 3.05) is 7.11 Å². The van der Waals surface area contributed by atoms with E-state index in [0.717, 1.165) is 20.7 Å². The molecule has 0 saturated carbocycles. The first-order valence-corrected chi connectivity index (χ1v) is 5.07. The van der Waals surface area contributed by atoms with Crippen LogP contribution in [0, 0.1) is 0 Å². The molecule has 3 N–H and O–H groups in total. The Kier molecular flexibility index (Phi) is 2.31. The Hall–Kier alpha value is -1.26. The maximum Gasteiger partial charge on any atom is 0.142 e. The summed E-state index contributed by atoms with van der Waals surface area (Å²) in [4.78, 5) is 0.962. The molecule has 0 aliphatic rings. The van der Waals surface area contributed by atoms with E-state index in [2.05, 4.69) is 0 Å². The van der Waals surface area contributed by atoms with E-state index in [9.17, 15) is 5.11 Å². The van der Waals surface area contributed by atoms with Crippen LogP contribution in [0.15, 0.2) is 18.2 Å². The van der Waals surface area contributed by atoms with E-state index in [-0.39, 0.29) is 5.75 Å². The summed E-state index contributed by atoms with van der Waals surface area (Å²) in [6.45, 7) is 0.433. The highest BCUT2D eigenvalue weighted by Gasteiger charge is 2.13. The number of aromatic hydroxyl groups is 1. The molecule has 2 aromatic rings. The lowest BCUT2D eigenvalue weighted by Crippen LogP contribution is -1.95. The zero-order valence-corrected chi connectivity index (χ0v) is 8.60. The Balaban J connectivity index is 2.79. The van der Waals surface area contributed by atoms with Gasteiger partial charge in [0.15, 0.2) is 0 Å². The van der Waals surface area contributed by atoms with Gasteiger partial charge in [0.2, 0.25) is 0 Å². The Morgan fingerprint density at radius 1 is 1.50 bits per heavy atom. The number of benzene rings is 1. The third-order valence-electron chi connectivity index (χ3n) is 2.11. The van der Waals surface area contributed by atoms with Crippen molar-refractivity contribution < 1.29 is 9.84 Å². The molecule has 0 amide bonds. The van der Waals surface area contributed by atoms with Gasteiger partial charge < -0.3 is 15.6 Å². The Bertz CT molecular complexity index is 464. The van der Waals surface area contributed by atoms with Gasteiger partial charge in [-0.2, -0.15) is 0 Å². The van der Waals surface area contributed by atoms with E-state index in [1.54, 1.807) is 19.2 Å². The number of phenolic OH excluding ortho intramolecular Hbond substituents is 1. The second kappa shape index (κ2) is 3.48. The Morgan fingerprint density at radius 2 is 2.29 bits per heavy atom. The molecule has 74 valence electrons. The molecule has 4 heteroatoms. The van der Waals surface area contributed by atoms with Gasteiger partial charge in [0.05, 0.1) is 16.7 Å². The largest absolute Gasteiger partial charge is 0.506 e. The maximum atomic E-state index is 9.61. The summed E-state index contributed by atoms with van der Waals surface area (Å²) >= 11 is 1.48. The summed E-state index contributed by atoms with van der Waals surface area (Å²) in [5.74, 6) is 1.06. The predicted molar refractivity (Wildman–Crippen MR) is 57.9 cm³/mol. The topological polar surface area (TPSA) is 55.5 Å². The van der Waals surface area contributed by atoms with Crippen LogP contribution in [0.25, 0.3) is 10.1 Å². The SMILES string of the molecule is COc1c(CN)sc2c(O)cccc12. The predicted octanol–water partition coefficient (Wildman–Crippen LogP) is 2.07. The molecule has 0 aliphatic heterocycles. The first-order valence-electron chi connectivity index (χ1n) is 4.25. The van der Waals surface area contributed by atoms with Crippen LogP contribution in [-0.4, -0.2) is 12.2 Å². The molecule has 0 radical (unpaired) electrons. The zero-order valence-electron chi connectivity index (χ0n) is 7.78. The molecule has 0 bridgehead atoms. The lowest BCUT2D eigenvalue weighted by molar-refractivity contribution is 0.417. The van der Waals surface area contributed by atoms with Crippen LogP contribution in [0.5, 0.6) is 11.5 Å². The van der Waals surface area contributed by atoms with Crippen molar-refractivity contribution in [2.45, 2.75) is 6.54 Å². The van der Waals surface area contributed by atoms with Gasteiger partial charge in [-0.05, 0) is 12.1 Å². The third-order valence-corrected chi connectivity index (χ3v) is 3.34. The lowest BCUT2D eigenvalue weighted by Gasteiger charge is -1.99. The van der Waals surface area contributed by atoms with Crippen LogP contribution >= 0.6 is 11.3 Å². The van der Waals surface area contributed by atoms with Crippen molar-refractivity contribution in [3.63, 3.8) is 0 Å². The number of hydrogen-bond acceptors (Lipinski definition) is 4. The fourth-order valence-electron chi connectivity index (χ4n) is 1.49. The van der Waals surface area contributed by atoms with E-state index in [0.29, 0.717) is 6.54 Å². The number of phenols is 1. The highest BCUT2D eigenvalue weighted by molar-refractivity contribution is 7.19. The molecule has 3 nitrogen and oxygen atoms in total. The van der Waals surface area contributed by atoms with E-state index < -0.39 is 0 Å². The van der Waals surface area contributed by atoms with E-state index >= 15 is 0 Å². The summed E-state index contributed by atoms with van der Waals surface area (Å²) in [6, 6.07) is 5.38. The van der Waals surface area contributed by atoms with Crippen molar-refractivity contribution in [1.82, 2.24) is 0 Å². The zero-order chi connectivity index (χ0) is 10.1. The van der Waals surface area contributed by atoms with Crippen LogP contribution in [0.4, 0.5) is 0 Å². The number of ether oxygens (including phenoxy) is 1. The average molecular weight is 209 g/mol.